The number of hydrogen-bond acceptors (Lipinski definition) is 6. The van der Waals surface area contributed by atoms with Gasteiger partial charge in [-0.1, -0.05) is 49.4 Å². The van der Waals surface area contributed by atoms with Crippen molar-refractivity contribution in [1.29, 1.82) is 0 Å². The molecule has 0 aliphatic rings. The van der Waals surface area contributed by atoms with Crippen molar-refractivity contribution in [1.82, 2.24) is 5.32 Å². The van der Waals surface area contributed by atoms with Gasteiger partial charge in [0.2, 0.25) is 0 Å². The fraction of sp³-hybridized carbons (Fsp3) is 0.423. The maximum absolute atomic E-state index is 12.3. The van der Waals surface area contributed by atoms with Gasteiger partial charge in [-0.3, -0.25) is 10.1 Å². The van der Waals surface area contributed by atoms with E-state index in [1.54, 1.807) is 39.8 Å². The van der Waals surface area contributed by atoms with Crippen molar-refractivity contribution in [2.45, 2.75) is 58.8 Å². The number of ether oxygens (including phenoxy) is 3. The molecule has 0 spiro atoms. The van der Waals surface area contributed by atoms with Crippen LogP contribution in [0.2, 0.25) is 0 Å². The fourth-order valence-electron chi connectivity index (χ4n) is 3.28. The smallest absolute Gasteiger partial charge is 0.411 e. The number of alkyl carbamates (subject to hydrolysis) is 1. The van der Waals surface area contributed by atoms with Crippen LogP contribution < -0.4 is 10.6 Å². The first-order valence-electron chi connectivity index (χ1n) is 11.2. The van der Waals surface area contributed by atoms with Gasteiger partial charge in [0.15, 0.2) is 0 Å². The molecular formula is C26H34N2O6. The van der Waals surface area contributed by atoms with Crippen LogP contribution in [0.25, 0.3) is 0 Å². The first kappa shape index (κ1) is 26.7. The Labute approximate surface area is 201 Å². The Morgan fingerprint density at radius 3 is 2.15 bits per heavy atom. The van der Waals surface area contributed by atoms with E-state index in [1.807, 2.05) is 42.5 Å². The number of methoxy groups -OCH3 is 1. The highest BCUT2D eigenvalue weighted by Crippen LogP contribution is 2.17. The third-order valence-electron chi connectivity index (χ3n) is 4.86. The van der Waals surface area contributed by atoms with Gasteiger partial charge in [-0.05, 0) is 56.9 Å². The third-order valence-corrected chi connectivity index (χ3v) is 4.86. The van der Waals surface area contributed by atoms with E-state index < -0.39 is 23.7 Å². The normalized spacial score (nSPS) is 12.7. The monoisotopic (exact) mass is 470 g/mol. The van der Waals surface area contributed by atoms with Gasteiger partial charge >= 0.3 is 18.2 Å². The average Bonchev–Trinajstić information content (AvgIpc) is 2.77. The first-order valence-corrected chi connectivity index (χ1v) is 11.2. The molecule has 8 heteroatoms. The van der Waals surface area contributed by atoms with Crippen molar-refractivity contribution >= 4 is 23.8 Å². The van der Waals surface area contributed by atoms with Crippen LogP contribution in [0.4, 0.5) is 15.3 Å². The molecular weight excluding hydrogens is 436 g/mol. The molecule has 2 aromatic carbocycles. The van der Waals surface area contributed by atoms with Crippen LogP contribution in [-0.2, 0) is 32.0 Å². The number of hydrogen-bond donors (Lipinski definition) is 2. The number of amides is 2. The van der Waals surface area contributed by atoms with E-state index in [4.69, 9.17) is 14.2 Å². The number of benzene rings is 2. The molecule has 0 aliphatic carbocycles. The van der Waals surface area contributed by atoms with Crippen molar-refractivity contribution < 1.29 is 28.6 Å². The van der Waals surface area contributed by atoms with E-state index in [0.717, 1.165) is 11.1 Å². The Kier molecular flexibility index (Phi) is 9.92. The molecule has 0 heterocycles. The number of carbonyl (C=O) groups is 3. The van der Waals surface area contributed by atoms with Gasteiger partial charge in [0, 0.05) is 11.7 Å². The quantitative estimate of drug-likeness (QED) is 0.392. The first-order chi connectivity index (χ1) is 16.1. The van der Waals surface area contributed by atoms with Gasteiger partial charge < -0.3 is 19.5 Å². The molecule has 0 fully saturated rings. The minimum Gasteiger partial charge on any atom is -0.469 e. The van der Waals surface area contributed by atoms with Gasteiger partial charge in [0.1, 0.15) is 12.2 Å². The number of esters is 1. The van der Waals surface area contributed by atoms with E-state index in [1.165, 1.54) is 7.11 Å². The second kappa shape index (κ2) is 12.6. The Morgan fingerprint density at radius 1 is 0.912 bits per heavy atom. The summed E-state index contributed by atoms with van der Waals surface area (Å²) in [5.74, 6) is -0.741. The molecule has 34 heavy (non-hydrogen) atoms. The average molecular weight is 471 g/mol. The summed E-state index contributed by atoms with van der Waals surface area (Å²) >= 11 is 0. The van der Waals surface area contributed by atoms with E-state index in [0.29, 0.717) is 18.5 Å². The number of rotatable bonds is 9. The van der Waals surface area contributed by atoms with Crippen molar-refractivity contribution in [2.75, 3.05) is 12.4 Å². The molecule has 0 bridgehead atoms. The fourth-order valence-corrected chi connectivity index (χ4v) is 3.28. The number of carbonyl (C=O) groups excluding carboxylic acids is 3. The predicted octanol–water partition coefficient (Wildman–Crippen LogP) is 5.07. The van der Waals surface area contributed by atoms with Crippen molar-refractivity contribution in [2.24, 2.45) is 5.92 Å². The maximum atomic E-state index is 12.3. The predicted molar refractivity (Wildman–Crippen MR) is 129 cm³/mol. The standard InChI is InChI=1S/C26H34N2O6/c1-18(23(29)32-5)15-22(28-25(31)34-26(2,3)4)16-19-11-13-21(14-12-19)27-24(30)33-17-20-9-7-6-8-10-20/h6-14,18,22H,15-17H2,1-5H3,(H,27,30)(H,28,31)/t18-,22+/m0/s1. The second-order valence-electron chi connectivity index (χ2n) is 9.09. The SMILES string of the molecule is COC(=O)[C@@H](C)C[C@H](Cc1ccc(NC(=O)OCc2ccccc2)cc1)NC(=O)OC(C)(C)C. The third kappa shape index (κ3) is 9.94. The molecule has 0 saturated heterocycles. The molecule has 0 radical (unpaired) electrons. The summed E-state index contributed by atoms with van der Waals surface area (Å²) in [6.07, 6.45) is -0.237. The molecule has 2 N–H and O–H groups in total. The lowest BCUT2D eigenvalue weighted by molar-refractivity contribution is -0.145. The molecule has 2 amide bonds. The summed E-state index contributed by atoms with van der Waals surface area (Å²) in [6.45, 7) is 7.30. The Balaban J connectivity index is 1.96. The van der Waals surface area contributed by atoms with Crippen LogP contribution in [0, 0.1) is 5.92 Å². The van der Waals surface area contributed by atoms with Crippen LogP contribution in [0.1, 0.15) is 45.2 Å². The summed E-state index contributed by atoms with van der Waals surface area (Å²) in [4.78, 5) is 36.3. The summed E-state index contributed by atoms with van der Waals surface area (Å²) in [6, 6.07) is 16.3. The van der Waals surface area contributed by atoms with Gasteiger partial charge in [-0.15, -0.1) is 0 Å². The van der Waals surface area contributed by atoms with E-state index >= 15 is 0 Å². The molecule has 8 nitrogen and oxygen atoms in total. The van der Waals surface area contributed by atoms with Crippen LogP contribution in [-0.4, -0.2) is 36.9 Å². The highest BCUT2D eigenvalue weighted by molar-refractivity contribution is 5.84. The summed E-state index contributed by atoms with van der Waals surface area (Å²) in [5, 5.41) is 5.55. The number of anilines is 1. The molecule has 0 aromatic heterocycles. The van der Waals surface area contributed by atoms with Gasteiger partial charge in [-0.25, -0.2) is 9.59 Å². The van der Waals surface area contributed by atoms with Crippen LogP contribution >= 0.6 is 0 Å². The molecule has 0 aliphatic heterocycles. The van der Waals surface area contributed by atoms with E-state index in [2.05, 4.69) is 10.6 Å². The van der Waals surface area contributed by atoms with Gasteiger partial charge in [-0.2, -0.15) is 0 Å². The van der Waals surface area contributed by atoms with Crippen LogP contribution in [0.5, 0.6) is 0 Å². The Hall–Kier alpha value is -3.55. The molecule has 184 valence electrons. The Morgan fingerprint density at radius 2 is 1.56 bits per heavy atom. The van der Waals surface area contributed by atoms with Crippen molar-refractivity contribution in [3.05, 3.63) is 65.7 Å². The highest BCUT2D eigenvalue weighted by atomic mass is 16.6. The second-order valence-corrected chi connectivity index (χ2v) is 9.09. The van der Waals surface area contributed by atoms with Crippen molar-refractivity contribution in [3.63, 3.8) is 0 Å². The van der Waals surface area contributed by atoms with Crippen LogP contribution in [0.3, 0.4) is 0 Å². The zero-order chi connectivity index (χ0) is 25.1. The largest absolute Gasteiger partial charge is 0.469 e. The molecule has 2 aromatic rings. The maximum Gasteiger partial charge on any atom is 0.411 e. The summed E-state index contributed by atoms with van der Waals surface area (Å²) in [7, 11) is 1.34. The lowest BCUT2D eigenvalue weighted by Gasteiger charge is -2.25. The van der Waals surface area contributed by atoms with Gasteiger partial charge in [0.25, 0.3) is 0 Å². The van der Waals surface area contributed by atoms with E-state index in [-0.39, 0.29) is 18.6 Å². The lowest BCUT2D eigenvalue weighted by Crippen LogP contribution is -2.41. The highest BCUT2D eigenvalue weighted by Gasteiger charge is 2.24. The Bertz CT molecular complexity index is 938. The van der Waals surface area contributed by atoms with E-state index in [9.17, 15) is 14.4 Å². The molecule has 0 unspecified atom stereocenters. The minimum absolute atomic E-state index is 0.182. The summed E-state index contributed by atoms with van der Waals surface area (Å²) in [5.41, 5.74) is 1.77. The van der Waals surface area contributed by atoms with Crippen molar-refractivity contribution in [3.8, 4) is 0 Å². The van der Waals surface area contributed by atoms with Crippen LogP contribution in [0.15, 0.2) is 54.6 Å². The minimum atomic E-state index is -0.634. The zero-order valence-electron chi connectivity index (χ0n) is 20.4. The zero-order valence-corrected chi connectivity index (χ0v) is 20.4. The number of nitrogens with one attached hydrogen (secondary N) is 2. The topological polar surface area (TPSA) is 103 Å². The lowest BCUT2D eigenvalue weighted by atomic mass is 9.96. The molecule has 0 saturated carbocycles. The summed E-state index contributed by atoms with van der Waals surface area (Å²) < 4.78 is 15.4. The van der Waals surface area contributed by atoms with Gasteiger partial charge in [0.05, 0.1) is 13.0 Å². The molecule has 2 atom stereocenters. The molecule has 2 rings (SSSR count).